The third-order valence-electron chi connectivity index (χ3n) is 5.55. The van der Waals surface area contributed by atoms with Gasteiger partial charge in [-0.05, 0) is 35.9 Å². The number of rotatable bonds is 4. The second kappa shape index (κ2) is 7.94. The van der Waals surface area contributed by atoms with Crippen LogP contribution >= 0.6 is 0 Å². The lowest BCUT2D eigenvalue weighted by Gasteiger charge is -2.35. The number of carbonyl (C=O) groups excluding carboxylic acids is 1. The fourth-order valence-electron chi connectivity index (χ4n) is 3.88. The lowest BCUT2D eigenvalue weighted by molar-refractivity contribution is -0.130. The van der Waals surface area contributed by atoms with E-state index in [0.717, 1.165) is 46.8 Å². The topological polar surface area (TPSA) is 78.0 Å². The van der Waals surface area contributed by atoms with Crippen molar-refractivity contribution in [1.29, 1.82) is 0 Å². The van der Waals surface area contributed by atoms with Gasteiger partial charge in [0.05, 0.1) is 12.1 Å². The first kappa shape index (κ1) is 18.3. The molecule has 1 aliphatic rings. The number of amides is 1. The van der Waals surface area contributed by atoms with Crippen LogP contribution in [-0.2, 0) is 11.2 Å². The fraction of sp³-hybridized carbons (Fsp3) is 0.217. The quantitative estimate of drug-likeness (QED) is 0.572. The van der Waals surface area contributed by atoms with Crippen LogP contribution in [0, 0.1) is 0 Å². The molecule has 3 aromatic heterocycles. The Labute approximate surface area is 174 Å². The minimum Gasteiger partial charge on any atom is -0.361 e. The summed E-state index contributed by atoms with van der Waals surface area (Å²) in [5.41, 5.74) is 3.68. The summed E-state index contributed by atoms with van der Waals surface area (Å²) in [5.74, 6) is 0.995. The van der Waals surface area contributed by atoms with Crippen molar-refractivity contribution in [3.63, 3.8) is 0 Å². The molecule has 1 saturated heterocycles. The standard InChI is InChI=1S/C23H22N6O/c30-23(15-17-16-25-19-6-2-1-5-18(17)19)29-13-11-28(12-14-29)22-9-8-21(26-27-22)20-7-3-4-10-24-20/h1-10,16,25H,11-15H2. The number of nitrogens with zero attached hydrogens (tertiary/aromatic N) is 5. The highest BCUT2D eigenvalue weighted by Crippen LogP contribution is 2.20. The van der Waals surface area contributed by atoms with Gasteiger partial charge in [0, 0.05) is 49.5 Å². The summed E-state index contributed by atoms with van der Waals surface area (Å²) in [7, 11) is 0. The van der Waals surface area contributed by atoms with Crippen molar-refractivity contribution in [2.24, 2.45) is 0 Å². The molecule has 4 heterocycles. The molecule has 1 aromatic carbocycles. The van der Waals surface area contributed by atoms with Crippen molar-refractivity contribution in [3.05, 3.63) is 72.6 Å². The maximum absolute atomic E-state index is 12.8. The molecule has 7 heteroatoms. The Bertz CT molecular complexity index is 1150. The minimum atomic E-state index is 0.163. The van der Waals surface area contributed by atoms with Gasteiger partial charge in [-0.25, -0.2) is 0 Å². The third kappa shape index (κ3) is 3.61. The number of hydrogen-bond donors (Lipinski definition) is 1. The van der Waals surface area contributed by atoms with Gasteiger partial charge in [-0.2, -0.15) is 0 Å². The fourth-order valence-corrected chi connectivity index (χ4v) is 3.88. The number of nitrogens with one attached hydrogen (secondary N) is 1. The van der Waals surface area contributed by atoms with Gasteiger partial charge in [-0.1, -0.05) is 24.3 Å². The molecular formula is C23H22N6O. The van der Waals surface area contributed by atoms with Gasteiger partial charge < -0.3 is 14.8 Å². The predicted octanol–water partition coefficient (Wildman–Crippen LogP) is 2.91. The predicted molar refractivity (Wildman–Crippen MR) is 116 cm³/mol. The second-order valence-corrected chi connectivity index (χ2v) is 7.40. The summed E-state index contributed by atoms with van der Waals surface area (Å²) >= 11 is 0. The van der Waals surface area contributed by atoms with Crippen LogP contribution in [0.5, 0.6) is 0 Å². The van der Waals surface area contributed by atoms with Crippen LogP contribution in [0.3, 0.4) is 0 Å². The van der Waals surface area contributed by atoms with E-state index in [9.17, 15) is 4.79 Å². The molecule has 30 heavy (non-hydrogen) atoms. The summed E-state index contributed by atoms with van der Waals surface area (Å²) < 4.78 is 0. The van der Waals surface area contributed by atoms with Crippen LogP contribution in [-0.4, -0.2) is 57.2 Å². The maximum atomic E-state index is 12.8. The first-order chi connectivity index (χ1) is 14.8. The Morgan fingerprint density at radius 2 is 1.73 bits per heavy atom. The Morgan fingerprint density at radius 3 is 2.50 bits per heavy atom. The van der Waals surface area contributed by atoms with Crippen molar-refractivity contribution in [3.8, 4) is 11.4 Å². The van der Waals surface area contributed by atoms with E-state index in [4.69, 9.17) is 0 Å². The molecule has 5 rings (SSSR count). The van der Waals surface area contributed by atoms with E-state index in [0.29, 0.717) is 19.5 Å². The Morgan fingerprint density at radius 1 is 0.900 bits per heavy atom. The molecule has 1 fully saturated rings. The van der Waals surface area contributed by atoms with E-state index in [1.165, 1.54) is 0 Å². The van der Waals surface area contributed by atoms with Crippen LogP contribution in [0.4, 0.5) is 5.82 Å². The molecule has 0 radical (unpaired) electrons. The molecule has 0 saturated carbocycles. The van der Waals surface area contributed by atoms with Gasteiger partial charge in [0.15, 0.2) is 5.82 Å². The minimum absolute atomic E-state index is 0.163. The van der Waals surface area contributed by atoms with Gasteiger partial charge >= 0.3 is 0 Å². The highest BCUT2D eigenvalue weighted by atomic mass is 16.2. The van der Waals surface area contributed by atoms with Crippen LogP contribution < -0.4 is 4.90 Å². The number of benzene rings is 1. The molecule has 0 spiro atoms. The number of aromatic amines is 1. The summed E-state index contributed by atoms with van der Waals surface area (Å²) in [6.07, 6.45) is 4.11. The Balaban J connectivity index is 1.20. The zero-order valence-electron chi connectivity index (χ0n) is 16.5. The molecule has 7 nitrogen and oxygen atoms in total. The second-order valence-electron chi connectivity index (χ2n) is 7.40. The molecule has 1 aliphatic heterocycles. The third-order valence-corrected chi connectivity index (χ3v) is 5.55. The lowest BCUT2D eigenvalue weighted by Crippen LogP contribution is -2.49. The first-order valence-corrected chi connectivity index (χ1v) is 10.1. The number of pyridine rings is 1. The van der Waals surface area contributed by atoms with E-state index in [-0.39, 0.29) is 5.91 Å². The summed E-state index contributed by atoms with van der Waals surface area (Å²) in [4.78, 5) is 24.5. The van der Waals surface area contributed by atoms with Gasteiger partial charge in [-0.3, -0.25) is 9.78 Å². The largest absolute Gasteiger partial charge is 0.361 e. The SMILES string of the molecule is O=C(Cc1c[nH]c2ccccc12)N1CCN(c2ccc(-c3ccccn3)nn2)CC1. The average molecular weight is 398 g/mol. The normalized spacial score (nSPS) is 14.3. The highest BCUT2D eigenvalue weighted by Gasteiger charge is 2.23. The highest BCUT2D eigenvalue weighted by molar-refractivity contribution is 5.89. The first-order valence-electron chi connectivity index (χ1n) is 10.1. The zero-order chi connectivity index (χ0) is 20.3. The summed E-state index contributed by atoms with van der Waals surface area (Å²) in [6.45, 7) is 2.87. The number of aromatic nitrogens is 4. The number of H-pyrrole nitrogens is 1. The van der Waals surface area contributed by atoms with Gasteiger partial charge in [0.25, 0.3) is 0 Å². The van der Waals surface area contributed by atoms with Crippen molar-refractivity contribution in [1.82, 2.24) is 25.1 Å². The number of fused-ring (bicyclic) bond motifs is 1. The van der Waals surface area contributed by atoms with Gasteiger partial charge in [0.2, 0.25) is 5.91 Å². The van der Waals surface area contributed by atoms with Crippen molar-refractivity contribution in [2.75, 3.05) is 31.1 Å². The molecule has 1 N–H and O–H groups in total. The van der Waals surface area contributed by atoms with E-state index >= 15 is 0 Å². The van der Waals surface area contributed by atoms with E-state index in [1.54, 1.807) is 6.20 Å². The number of hydrogen-bond acceptors (Lipinski definition) is 5. The van der Waals surface area contributed by atoms with Crippen LogP contribution in [0.25, 0.3) is 22.3 Å². The molecule has 0 bridgehead atoms. The van der Waals surface area contributed by atoms with Gasteiger partial charge in [-0.15, -0.1) is 10.2 Å². The van der Waals surface area contributed by atoms with Crippen molar-refractivity contribution >= 4 is 22.6 Å². The molecule has 0 unspecified atom stereocenters. The molecule has 150 valence electrons. The number of piperazine rings is 1. The van der Waals surface area contributed by atoms with Crippen molar-refractivity contribution < 1.29 is 4.79 Å². The number of para-hydroxylation sites is 1. The van der Waals surface area contributed by atoms with Gasteiger partial charge in [0.1, 0.15) is 5.69 Å². The molecule has 1 amide bonds. The number of anilines is 1. The maximum Gasteiger partial charge on any atom is 0.227 e. The lowest BCUT2D eigenvalue weighted by atomic mass is 10.1. The van der Waals surface area contributed by atoms with E-state index < -0.39 is 0 Å². The molecule has 0 atom stereocenters. The molecule has 0 aliphatic carbocycles. The number of carbonyl (C=O) groups is 1. The van der Waals surface area contributed by atoms with E-state index in [1.807, 2.05) is 59.6 Å². The summed E-state index contributed by atoms with van der Waals surface area (Å²) in [5, 5.41) is 9.81. The van der Waals surface area contributed by atoms with Crippen LogP contribution in [0.1, 0.15) is 5.56 Å². The van der Waals surface area contributed by atoms with Crippen LogP contribution in [0.15, 0.2) is 67.0 Å². The monoisotopic (exact) mass is 398 g/mol. The summed E-state index contributed by atoms with van der Waals surface area (Å²) in [6, 6.07) is 17.7. The molecular weight excluding hydrogens is 376 g/mol. The van der Waals surface area contributed by atoms with E-state index in [2.05, 4.69) is 31.1 Å². The average Bonchev–Trinajstić information content (AvgIpc) is 3.23. The smallest absolute Gasteiger partial charge is 0.227 e. The van der Waals surface area contributed by atoms with Crippen LogP contribution in [0.2, 0.25) is 0 Å². The zero-order valence-corrected chi connectivity index (χ0v) is 16.5. The van der Waals surface area contributed by atoms with Crippen molar-refractivity contribution in [2.45, 2.75) is 6.42 Å². The Hall–Kier alpha value is -3.74. The Kier molecular flexibility index (Phi) is 4.85. The molecule has 4 aromatic rings.